The van der Waals surface area contributed by atoms with E-state index in [4.69, 9.17) is 9.47 Å². The fraction of sp³-hybridized carbons (Fsp3) is 0.353. The van der Waals surface area contributed by atoms with Gasteiger partial charge in [0.1, 0.15) is 11.6 Å². The zero-order valence-electron chi connectivity index (χ0n) is 14.6. The first-order valence-corrected chi connectivity index (χ1v) is 9.20. The number of methoxy groups -OCH3 is 2. The standard InChI is InChI=1S/C17H20N4O4S/c1-24-8-7-18-16(22)17(23)19-15-13-9-26-10-14(13)20-21(15)11-3-5-12(25-2)6-4-11/h3-6H,7-10H2,1-2H3,(H,18,22)(H,19,23). The van der Waals surface area contributed by atoms with E-state index in [-0.39, 0.29) is 6.54 Å². The third-order valence-electron chi connectivity index (χ3n) is 3.90. The molecule has 1 aliphatic rings. The van der Waals surface area contributed by atoms with Crippen LogP contribution in [0.1, 0.15) is 11.3 Å². The van der Waals surface area contributed by atoms with Gasteiger partial charge in [0.2, 0.25) is 0 Å². The molecular weight excluding hydrogens is 356 g/mol. The number of rotatable bonds is 6. The van der Waals surface area contributed by atoms with E-state index in [0.29, 0.717) is 12.4 Å². The van der Waals surface area contributed by atoms with Crippen LogP contribution < -0.4 is 15.4 Å². The number of anilines is 1. The maximum Gasteiger partial charge on any atom is 0.314 e. The number of carbonyl (C=O) groups is 2. The number of thioether (sulfide) groups is 1. The summed E-state index contributed by atoms with van der Waals surface area (Å²) in [6.07, 6.45) is 0. The van der Waals surface area contributed by atoms with Crippen LogP contribution in [0.25, 0.3) is 5.69 Å². The SMILES string of the molecule is COCCNC(=O)C(=O)Nc1c2c(nn1-c1ccc(OC)cc1)CSC2. The predicted octanol–water partition coefficient (Wildman–Crippen LogP) is 1.33. The molecule has 9 heteroatoms. The van der Waals surface area contributed by atoms with Gasteiger partial charge in [0, 0.05) is 30.7 Å². The Morgan fingerprint density at radius 3 is 2.65 bits per heavy atom. The zero-order chi connectivity index (χ0) is 18.5. The Bertz CT molecular complexity index is 804. The number of ether oxygens (including phenoxy) is 2. The van der Waals surface area contributed by atoms with Gasteiger partial charge in [0.05, 0.1) is 25.1 Å². The van der Waals surface area contributed by atoms with Crippen molar-refractivity contribution in [2.75, 3.05) is 32.7 Å². The van der Waals surface area contributed by atoms with Crippen molar-refractivity contribution < 1.29 is 19.1 Å². The van der Waals surface area contributed by atoms with Crippen LogP contribution in [0.4, 0.5) is 5.82 Å². The lowest BCUT2D eigenvalue weighted by molar-refractivity contribution is -0.136. The molecule has 0 saturated carbocycles. The van der Waals surface area contributed by atoms with E-state index in [0.717, 1.165) is 34.2 Å². The highest BCUT2D eigenvalue weighted by atomic mass is 32.2. The largest absolute Gasteiger partial charge is 0.497 e. The van der Waals surface area contributed by atoms with Crippen molar-refractivity contribution in [3.63, 3.8) is 0 Å². The van der Waals surface area contributed by atoms with Gasteiger partial charge in [0.15, 0.2) is 0 Å². The second-order valence-corrected chi connectivity index (χ2v) is 6.56. The Morgan fingerprint density at radius 2 is 1.96 bits per heavy atom. The minimum atomic E-state index is -0.726. The van der Waals surface area contributed by atoms with Gasteiger partial charge in [-0.25, -0.2) is 4.68 Å². The highest BCUT2D eigenvalue weighted by Gasteiger charge is 2.26. The molecule has 26 heavy (non-hydrogen) atoms. The topological polar surface area (TPSA) is 94.5 Å². The van der Waals surface area contributed by atoms with Gasteiger partial charge < -0.3 is 20.1 Å². The van der Waals surface area contributed by atoms with Gasteiger partial charge in [-0.05, 0) is 24.3 Å². The van der Waals surface area contributed by atoms with E-state index in [2.05, 4.69) is 15.7 Å². The van der Waals surface area contributed by atoms with Crippen LogP contribution in [0.5, 0.6) is 5.75 Å². The van der Waals surface area contributed by atoms with E-state index in [1.165, 1.54) is 7.11 Å². The lowest BCUT2D eigenvalue weighted by atomic mass is 10.2. The molecule has 0 spiro atoms. The highest BCUT2D eigenvalue weighted by Crippen LogP contribution is 2.36. The molecule has 1 aromatic heterocycles. The summed E-state index contributed by atoms with van der Waals surface area (Å²) in [5.74, 6) is 1.35. The van der Waals surface area contributed by atoms with Crippen molar-refractivity contribution in [2.45, 2.75) is 11.5 Å². The fourth-order valence-corrected chi connectivity index (χ4v) is 3.60. The van der Waals surface area contributed by atoms with Crippen molar-refractivity contribution in [3.8, 4) is 11.4 Å². The lowest BCUT2D eigenvalue weighted by Crippen LogP contribution is -2.37. The second kappa shape index (κ2) is 8.24. The Kier molecular flexibility index (Phi) is 5.79. The summed E-state index contributed by atoms with van der Waals surface area (Å²) in [5, 5.41) is 9.81. The molecule has 0 unspecified atom stereocenters. The molecule has 3 rings (SSSR count). The normalized spacial score (nSPS) is 12.5. The van der Waals surface area contributed by atoms with E-state index in [9.17, 15) is 9.59 Å². The summed E-state index contributed by atoms with van der Waals surface area (Å²) in [7, 11) is 3.13. The smallest absolute Gasteiger partial charge is 0.314 e. The third kappa shape index (κ3) is 3.83. The number of carbonyl (C=O) groups excluding carboxylic acids is 2. The van der Waals surface area contributed by atoms with Crippen molar-refractivity contribution in [3.05, 3.63) is 35.5 Å². The van der Waals surface area contributed by atoms with Gasteiger partial charge >= 0.3 is 11.8 Å². The van der Waals surface area contributed by atoms with Crippen LogP contribution in [0.15, 0.2) is 24.3 Å². The minimum absolute atomic E-state index is 0.272. The first-order chi connectivity index (χ1) is 12.6. The van der Waals surface area contributed by atoms with Crippen molar-refractivity contribution in [1.82, 2.24) is 15.1 Å². The number of nitrogens with zero attached hydrogens (tertiary/aromatic N) is 2. The third-order valence-corrected chi connectivity index (χ3v) is 4.87. The average Bonchev–Trinajstić information content (AvgIpc) is 3.24. The zero-order valence-corrected chi connectivity index (χ0v) is 15.4. The average molecular weight is 376 g/mol. The summed E-state index contributed by atoms with van der Waals surface area (Å²) in [6, 6.07) is 7.34. The van der Waals surface area contributed by atoms with Gasteiger partial charge in [-0.3, -0.25) is 9.59 Å². The number of aromatic nitrogens is 2. The lowest BCUT2D eigenvalue weighted by Gasteiger charge is -2.11. The molecule has 2 amide bonds. The molecule has 8 nitrogen and oxygen atoms in total. The summed E-state index contributed by atoms with van der Waals surface area (Å²) < 4.78 is 11.7. The number of amides is 2. The first-order valence-electron chi connectivity index (χ1n) is 8.05. The van der Waals surface area contributed by atoms with E-state index in [1.54, 1.807) is 23.6 Å². The minimum Gasteiger partial charge on any atom is -0.497 e. The van der Waals surface area contributed by atoms with Crippen molar-refractivity contribution in [1.29, 1.82) is 0 Å². The number of nitrogens with one attached hydrogen (secondary N) is 2. The van der Waals surface area contributed by atoms with Crippen molar-refractivity contribution >= 4 is 29.4 Å². The molecule has 1 aromatic carbocycles. The van der Waals surface area contributed by atoms with E-state index >= 15 is 0 Å². The maximum absolute atomic E-state index is 12.3. The van der Waals surface area contributed by atoms with Gasteiger partial charge in [-0.1, -0.05) is 0 Å². The number of fused-ring (bicyclic) bond motifs is 1. The molecule has 1 aliphatic heterocycles. The Hall–Kier alpha value is -2.52. The van der Waals surface area contributed by atoms with Crippen LogP contribution in [0.2, 0.25) is 0 Å². The summed E-state index contributed by atoms with van der Waals surface area (Å²) >= 11 is 1.72. The molecule has 0 saturated heterocycles. The Morgan fingerprint density at radius 1 is 1.19 bits per heavy atom. The Labute approximate surface area is 155 Å². The monoisotopic (exact) mass is 376 g/mol. The highest BCUT2D eigenvalue weighted by molar-refractivity contribution is 7.98. The molecule has 138 valence electrons. The van der Waals surface area contributed by atoms with Gasteiger partial charge in [0.25, 0.3) is 0 Å². The molecule has 2 aromatic rings. The molecule has 2 N–H and O–H groups in total. The van der Waals surface area contributed by atoms with Crippen LogP contribution in [-0.2, 0) is 25.8 Å². The first kappa shape index (κ1) is 18.3. The molecule has 0 radical (unpaired) electrons. The quantitative estimate of drug-likeness (QED) is 0.583. The Balaban J connectivity index is 1.83. The molecule has 0 aliphatic carbocycles. The number of benzene rings is 1. The number of hydrogen-bond donors (Lipinski definition) is 2. The van der Waals surface area contributed by atoms with Crippen molar-refractivity contribution in [2.24, 2.45) is 0 Å². The molecule has 0 bridgehead atoms. The van der Waals surface area contributed by atoms with Crippen LogP contribution >= 0.6 is 11.8 Å². The summed E-state index contributed by atoms with van der Waals surface area (Å²) in [5.41, 5.74) is 2.64. The van der Waals surface area contributed by atoms with E-state index in [1.807, 2.05) is 24.3 Å². The summed E-state index contributed by atoms with van der Waals surface area (Å²) in [4.78, 5) is 24.2. The molecule has 0 atom stereocenters. The predicted molar refractivity (Wildman–Crippen MR) is 98.6 cm³/mol. The maximum atomic E-state index is 12.3. The summed E-state index contributed by atoms with van der Waals surface area (Å²) in [6.45, 7) is 0.614. The van der Waals surface area contributed by atoms with Gasteiger partial charge in [-0.15, -0.1) is 0 Å². The van der Waals surface area contributed by atoms with Crippen LogP contribution in [0.3, 0.4) is 0 Å². The van der Waals surface area contributed by atoms with Crippen LogP contribution in [0, 0.1) is 0 Å². The van der Waals surface area contributed by atoms with Gasteiger partial charge in [-0.2, -0.15) is 16.9 Å². The number of hydrogen-bond acceptors (Lipinski definition) is 6. The molecule has 2 heterocycles. The molecule has 0 fully saturated rings. The molecular formula is C17H20N4O4S. The second-order valence-electron chi connectivity index (χ2n) is 5.58. The van der Waals surface area contributed by atoms with E-state index < -0.39 is 11.8 Å². The van der Waals surface area contributed by atoms with Crippen LogP contribution in [-0.4, -0.2) is 49.0 Å². The fourth-order valence-electron chi connectivity index (χ4n) is 2.56.